The van der Waals surface area contributed by atoms with Gasteiger partial charge in [-0.25, -0.2) is 9.78 Å². The molecule has 0 aromatic carbocycles. The summed E-state index contributed by atoms with van der Waals surface area (Å²) in [6.07, 6.45) is 3.34. The minimum Gasteiger partial charge on any atom is -0.464 e. The first kappa shape index (κ1) is 12.9. The van der Waals surface area contributed by atoms with Gasteiger partial charge in [-0.2, -0.15) is 9.61 Å². The molecule has 2 aromatic rings. The number of carbonyl (C=O) groups is 1. The number of hydrogen-bond donors (Lipinski definition) is 0. The summed E-state index contributed by atoms with van der Waals surface area (Å²) < 4.78 is 6.96. The summed E-state index contributed by atoms with van der Waals surface area (Å²) in [7, 11) is 0. The first-order chi connectivity index (χ1) is 9.70. The van der Waals surface area contributed by atoms with E-state index in [2.05, 4.69) is 15.0 Å². The number of carbonyl (C=O) groups excluding carboxylic acids is 1. The maximum absolute atomic E-state index is 12.1. The minimum absolute atomic E-state index is 0.153. The summed E-state index contributed by atoms with van der Waals surface area (Å²) in [4.78, 5) is 18.4. The largest absolute Gasteiger partial charge is 0.464 e. The summed E-state index contributed by atoms with van der Waals surface area (Å²) in [5.41, 5.74) is 1.91. The van der Waals surface area contributed by atoms with Crippen LogP contribution in [0.4, 0.5) is 5.82 Å². The predicted molar refractivity (Wildman–Crippen MR) is 74.7 cm³/mol. The monoisotopic (exact) mass is 274 g/mol. The molecule has 3 heterocycles. The zero-order chi connectivity index (χ0) is 14.1. The van der Waals surface area contributed by atoms with Gasteiger partial charge in [0.15, 0.2) is 5.65 Å². The summed E-state index contributed by atoms with van der Waals surface area (Å²) in [5, 5.41) is 4.26. The molecule has 0 spiro atoms. The van der Waals surface area contributed by atoms with Gasteiger partial charge >= 0.3 is 5.97 Å². The SMILES string of the molecule is CCOC(=O)C1CCCN1c1cc(C)cc2ncnn12. The van der Waals surface area contributed by atoms with E-state index in [1.165, 1.54) is 6.33 Å². The maximum Gasteiger partial charge on any atom is 0.328 e. The second-order valence-corrected chi connectivity index (χ2v) is 5.02. The van der Waals surface area contributed by atoms with Crippen LogP contribution in [0.15, 0.2) is 18.5 Å². The Bertz CT molecular complexity index is 637. The van der Waals surface area contributed by atoms with Gasteiger partial charge in [0.2, 0.25) is 0 Å². The van der Waals surface area contributed by atoms with Gasteiger partial charge in [0, 0.05) is 6.54 Å². The van der Waals surface area contributed by atoms with Crippen LogP contribution in [0.25, 0.3) is 5.65 Å². The van der Waals surface area contributed by atoms with Gasteiger partial charge in [-0.15, -0.1) is 0 Å². The molecule has 0 aliphatic carbocycles. The van der Waals surface area contributed by atoms with E-state index < -0.39 is 0 Å². The third-order valence-electron chi connectivity index (χ3n) is 3.61. The molecule has 20 heavy (non-hydrogen) atoms. The molecular formula is C14H18N4O2. The zero-order valence-electron chi connectivity index (χ0n) is 11.7. The number of esters is 1. The lowest BCUT2D eigenvalue weighted by atomic mass is 10.2. The lowest BCUT2D eigenvalue weighted by Gasteiger charge is -2.25. The van der Waals surface area contributed by atoms with Crippen molar-refractivity contribution in [3.8, 4) is 0 Å². The van der Waals surface area contributed by atoms with Gasteiger partial charge < -0.3 is 9.64 Å². The molecular weight excluding hydrogens is 256 g/mol. The molecule has 1 fully saturated rings. The molecule has 0 saturated carbocycles. The number of nitrogens with zero attached hydrogens (tertiary/aromatic N) is 4. The fourth-order valence-corrected chi connectivity index (χ4v) is 2.76. The van der Waals surface area contributed by atoms with Crippen molar-refractivity contribution in [1.82, 2.24) is 14.6 Å². The van der Waals surface area contributed by atoms with E-state index in [4.69, 9.17) is 4.74 Å². The minimum atomic E-state index is -0.218. The Hall–Kier alpha value is -2.11. The first-order valence-corrected chi connectivity index (χ1v) is 6.94. The average molecular weight is 274 g/mol. The van der Waals surface area contributed by atoms with Crippen molar-refractivity contribution < 1.29 is 9.53 Å². The van der Waals surface area contributed by atoms with Gasteiger partial charge in [-0.05, 0) is 44.4 Å². The Morgan fingerprint density at radius 1 is 1.50 bits per heavy atom. The van der Waals surface area contributed by atoms with Crippen molar-refractivity contribution in [2.45, 2.75) is 32.7 Å². The van der Waals surface area contributed by atoms with Crippen LogP contribution < -0.4 is 4.90 Å². The highest BCUT2D eigenvalue weighted by Gasteiger charge is 2.33. The molecule has 3 rings (SSSR count). The van der Waals surface area contributed by atoms with Crippen LogP contribution in [0.3, 0.4) is 0 Å². The first-order valence-electron chi connectivity index (χ1n) is 6.94. The van der Waals surface area contributed by atoms with Crippen molar-refractivity contribution in [3.05, 3.63) is 24.0 Å². The molecule has 1 unspecified atom stereocenters. The topological polar surface area (TPSA) is 59.7 Å². The van der Waals surface area contributed by atoms with Crippen molar-refractivity contribution >= 4 is 17.4 Å². The highest BCUT2D eigenvalue weighted by atomic mass is 16.5. The molecule has 0 bridgehead atoms. The molecule has 2 aromatic heterocycles. The van der Waals surface area contributed by atoms with Crippen molar-refractivity contribution in [2.75, 3.05) is 18.1 Å². The van der Waals surface area contributed by atoms with Crippen LogP contribution in [0.1, 0.15) is 25.3 Å². The lowest BCUT2D eigenvalue weighted by molar-refractivity contribution is -0.144. The van der Waals surface area contributed by atoms with E-state index in [9.17, 15) is 4.79 Å². The quantitative estimate of drug-likeness (QED) is 0.795. The number of hydrogen-bond acceptors (Lipinski definition) is 5. The Labute approximate surface area is 117 Å². The van der Waals surface area contributed by atoms with Crippen LogP contribution >= 0.6 is 0 Å². The Morgan fingerprint density at radius 2 is 2.35 bits per heavy atom. The number of aromatic nitrogens is 3. The number of ether oxygens (including phenoxy) is 1. The summed E-state index contributed by atoms with van der Waals surface area (Å²) in [6, 6.07) is 3.80. The Morgan fingerprint density at radius 3 is 3.15 bits per heavy atom. The van der Waals surface area contributed by atoms with Gasteiger partial charge in [0.25, 0.3) is 0 Å². The lowest BCUT2D eigenvalue weighted by Crippen LogP contribution is -2.38. The van der Waals surface area contributed by atoms with E-state index in [1.807, 2.05) is 26.0 Å². The van der Waals surface area contributed by atoms with Gasteiger partial charge in [0.05, 0.1) is 6.61 Å². The number of anilines is 1. The van der Waals surface area contributed by atoms with E-state index in [0.717, 1.165) is 36.4 Å². The molecule has 1 aliphatic rings. The predicted octanol–water partition coefficient (Wildman–Crippen LogP) is 1.57. The van der Waals surface area contributed by atoms with Gasteiger partial charge in [-0.3, -0.25) is 0 Å². The number of fused-ring (bicyclic) bond motifs is 1. The average Bonchev–Trinajstić information content (AvgIpc) is 3.06. The molecule has 1 atom stereocenters. The molecule has 0 N–H and O–H groups in total. The molecule has 1 saturated heterocycles. The Balaban J connectivity index is 2.01. The van der Waals surface area contributed by atoms with Crippen molar-refractivity contribution in [1.29, 1.82) is 0 Å². The molecule has 0 radical (unpaired) electrons. The normalized spacial score (nSPS) is 18.7. The number of aryl methyl sites for hydroxylation is 1. The molecule has 1 aliphatic heterocycles. The highest BCUT2D eigenvalue weighted by Crippen LogP contribution is 2.27. The van der Waals surface area contributed by atoms with Crippen LogP contribution in [-0.4, -0.2) is 39.8 Å². The number of pyridine rings is 1. The van der Waals surface area contributed by atoms with Crippen molar-refractivity contribution in [2.24, 2.45) is 0 Å². The summed E-state index contributed by atoms with van der Waals surface area (Å²) in [5.74, 6) is 0.757. The molecule has 106 valence electrons. The Kier molecular flexibility index (Phi) is 3.30. The van der Waals surface area contributed by atoms with Gasteiger partial charge in [0.1, 0.15) is 18.2 Å². The van der Waals surface area contributed by atoms with E-state index >= 15 is 0 Å². The van der Waals surface area contributed by atoms with E-state index in [1.54, 1.807) is 4.52 Å². The maximum atomic E-state index is 12.1. The molecule has 6 nitrogen and oxygen atoms in total. The standard InChI is InChI=1S/C14H18N4O2/c1-3-20-14(19)11-5-4-6-17(11)13-8-10(2)7-12-15-9-16-18(12)13/h7-9,11H,3-6H2,1-2H3. The zero-order valence-corrected chi connectivity index (χ0v) is 11.7. The molecule has 6 heteroatoms. The van der Waals surface area contributed by atoms with Crippen LogP contribution in [0.5, 0.6) is 0 Å². The van der Waals surface area contributed by atoms with Crippen molar-refractivity contribution in [3.63, 3.8) is 0 Å². The highest BCUT2D eigenvalue weighted by molar-refractivity contribution is 5.80. The fourth-order valence-electron chi connectivity index (χ4n) is 2.76. The third-order valence-corrected chi connectivity index (χ3v) is 3.61. The third kappa shape index (κ3) is 2.11. The van der Waals surface area contributed by atoms with Gasteiger partial charge in [-0.1, -0.05) is 0 Å². The van der Waals surface area contributed by atoms with Crippen LogP contribution in [-0.2, 0) is 9.53 Å². The second-order valence-electron chi connectivity index (χ2n) is 5.02. The fraction of sp³-hybridized carbons (Fsp3) is 0.500. The smallest absolute Gasteiger partial charge is 0.328 e. The second kappa shape index (κ2) is 5.11. The van der Waals surface area contributed by atoms with Crippen LogP contribution in [0.2, 0.25) is 0 Å². The van der Waals surface area contributed by atoms with E-state index in [-0.39, 0.29) is 12.0 Å². The van der Waals surface area contributed by atoms with Crippen LogP contribution in [0, 0.1) is 6.92 Å². The summed E-state index contributed by atoms with van der Waals surface area (Å²) >= 11 is 0. The summed E-state index contributed by atoms with van der Waals surface area (Å²) in [6.45, 7) is 5.10. The molecule has 0 amide bonds. The number of rotatable bonds is 3. The van der Waals surface area contributed by atoms with E-state index in [0.29, 0.717) is 6.61 Å².